The van der Waals surface area contributed by atoms with Crippen molar-refractivity contribution in [3.8, 4) is 0 Å². The second kappa shape index (κ2) is 6.17. The molecule has 110 valence electrons. The first-order valence-corrected chi connectivity index (χ1v) is 6.27. The van der Waals surface area contributed by atoms with Crippen LogP contribution >= 0.6 is 0 Å². The molecule has 0 unspecified atom stereocenters. The lowest BCUT2D eigenvalue weighted by Gasteiger charge is -2.13. The first kappa shape index (κ1) is 14.7. The van der Waals surface area contributed by atoms with E-state index in [0.29, 0.717) is 5.76 Å². The van der Waals surface area contributed by atoms with Crippen LogP contribution in [-0.4, -0.2) is 23.0 Å². The second-order valence-corrected chi connectivity index (χ2v) is 4.49. The number of rotatable bonds is 4. The van der Waals surface area contributed by atoms with Crippen molar-refractivity contribution in [3.05, 3.63) is 47.5 Å². The van der Waals surface area contributed by atoms with Crippen molar-refractivity contribution in [1.82, 2.24) is 10.5 Å². The fourth-order valence-corrected chi connectivity index (χ4v) is 1.65. The number of carbonyl (C=O) groups is 2. The third-order valence-corrected chi connectivity index (χ3v) is 2.74. The highest BCUT2D eigenvalue weighted by Gasteiger charge is 2.19. The number of aromatic nitrogens is 1. The molecule has 7 heteroatoms. The van der Waals surface area contributed by atoms with E-state index < -0.39 is 23.7 Å². The summed E-state index contributed by atoms with van der Waals surface area (Å²) in [4.78, 5) is 23.7. The van der Waals surface area contributed by atoms with Gasteiger partial charge in [0.1, 0.15) is 17.6 Å². The van der Waals surface area contributed by atoms with E-state index in [1.165, 1.54) is 25.1 Å². The molecule has 0 aliphatic heterocycles. The zero-order valence-corrected chi connectivity index (χ0v) is 11.5. The van der Waals surface area contributed by atoms with Gasteiger partial charge in [0.25, 0.3) is 5.91 Å². The molecule has 21 heavy (non-hydrogen) atoms. The predicted molar refractivity (Wildman–Crippen MR) is 73.2 cm³/mol. The number of amides is 2. The van der Waals surface area contributed by atoms with Gasteiger partial charge in [-0.2, -0.15) is 0 Å². The molecule has 6 nitrogen and oxygen atoms in total. The van der Waals surface area contributed by atoms with Crippen molar-refractivity contribution in [2.75, 3.05) is 5.32 Å². The molecular weight excluding hydrogens is 277 g/mol. The van der Waals surface area contributed by atoms with Crippen LogP contribution in [0.3, 0.4) is 0 Å². The molecule has 2 amide bonds. The lowest BCUT2D eigenvalue weighted by Crippen LogP contribution is -2.41. The lowest BCUT2D eigenvalue weighted by molar-refractivity contribution is -0.117. The SMILES string of the molecule is Cc1cc(NC(=O)[C@@H](C)NC(=O)c2ccccc2F)no1. The highest BCUT2D eigenvalue weighted by molar-refractivity contribution is 6.00. The first-order chi connectivity index (χ1) is 9.97. The van der Waals surface area contributed by atoms with Gasteiger partial charge in [-0.15, -0.1) is 0 Å². The largest absolute Gasteiger partial charge is 0.360 e. The lowest BCUT2D eigenvalue weighted by atomic mass is 10.2. The van der Waals surface area contributed by atoms with E-state index in [4.69, 9.17) is 4.52 Å². The molecule has 0 spiro atoms. The second-order valence-electron chi connectivity index (χ2n) is 4.49. The smallest absolute Gasteiger partial charge is 0.254 e. The normalized spacial score (nSPS) is 11.8. The fourth-order valence-electron chi connectivity index (χ4n) is 1.65. The van der Waals surface area contributed by atoms with Crippen LogP contribution in [0.2, 0.25) is 0 Å². The standard InChI is InChI=1S/C14H14FN3O3/c1-8-7-12(18-21-8)17-13(19)9(2)16-14(20)10-5-3-4-6-11(10)15/h3-7,9H,1-2H3,(H,16,20)(H,17,18,19)/t9-/m1/s1. The van der Waals surface area contributed by atoms with Gasteiger partial charge in [0.15, 0.2) is 5.82 Å². The van der Waals surface area contributed by atoms with Gasteiger partial charge >= 0.3 is 0 Å². The number of carbonyl (C=O) groups excluding carboxylic acids is 2. The zero-order valence-electron chi connectivity index (χ0n) is 11.5. The van der Waals surface area contributed by atoms with Crippen molar-refractivity contribution in [3.63, 3.8) is 0 Å². The minimum Gasteiger partial charge on any atom is -0.360 e. The molecule has 0 saturated heterocycles. The van der Waals surface area contributed by atoms with Crippen LogP contribution in [0.15, 0.2) is 34.9 Å². The zero-order chi connectivity index (χ0) is 15.4. The summed E-state index contributed by atoms with van der Waals surface area (Å²) in [6.45, 7) is 3.17. The fraction of sp³-hybridized carbons (Fsp3) is 0.214. The van der Waals surface area contributed by atoms with E-state index >= 15 is 0 Å². The van der Waals surface area contributed by atoms with Gasteiger partial charge in [0.2, 0.25) is 5.91 Å². The number of anilines is 1. The molecule has 0 fully saturated rings. The van der Waals surface area contributed by atoms with Gasteiger partial charge in [-0.25, -0.2) is 4.39 Å². The molecule has 0 saturated carbocycles. The Morgan fingerprint density at radius 3 is 2.67 bits per heavy atom. The third-order valence-electron chi connectivity index (χ3n) is 2.74. The van der Waals surface area contributed by atoms with Crippen LogP contribution in [-0.2, 0) is 4.79 Å². The summed E-state index contributed by atoms with van der Waals surface area (Å²) in [7, 11) is 0. The number of nitrogens with one attached hydrogen (secondary N) is 2. The third kappa shape index (κ3) is 3.65. The van der Waals surface area contributed by atoms with Gasteiger partial charge in [-0.3, -0.25) is 9.59 Å². The number of aryl methyl sites for hydroxylation is 1. The molecule has 1 atom stereocenters. The Morgan fingerprint density at radius 1 is 1.33 bits per heavy atom. The van der Waals surface area contributed by atoms with Crippen LogP contribution in [0.4, 0.5) is 10.2 Å². The summed E-state index contributed by atoms with van der Waals surface area (Å²) in [6.07, 6.45) is 0. The van der Waals surface area contributed by atoms with Gasteiger partial charge < -0.3 is 15.2 Å². The Labute approximate surface area is 120 Å². The summed E-state index contributed by atoms with van der Waals surface area (Å²) < 4.78 is 18.3. The van der Waals surface area contributed by atoms with E-state index in [-0.39, 0.29) is 11.4 Å². The van der Waals surface area contributed by atoms with Gasteiger partial charge in [-0.05, 0) is 26.0 Å². The van der Waals surface area contributed by atoms with E-state index in [1.807, 2.05) is 0 Å². The molecule has 0 aliphatic carbocycles. The average Bonchev–Trinajstić information content (AvgIpc) is 2.84. The summed E-state index contributed by atoms with van der Waals surface area (Å²) in [6, 6.07) is 6.24. The maximum Gasteiger partial charge on any atom is 0.254 e. The highest BCUT2D eigenvalue weighted by Crippen LogP contribution is 2.08. The Bertz CT molecular complexity index is 669. The molecule has 2 rings (SSSR count). The number of hydrogen-bond donors (Lipinski definition) is 2. The van der Waals surface area contributed by atoms with Gasteiger partial charge in [0.05, 0.1) is 5.56 Å². The minimum atomic E-state index is -0.853. The summed E-state index contributed by atoms with van der Waals surface area (Å²) in [5, 5.41) is 8.51. The number of halogens is 1. The van der Waals surface area contributed by atoms with Crippen LogP contribution in [0.5, 0.6) is 0 Å². The monoisotopic (exact) mass is 291 g/mol. The highest BCUT2D eigenvalue weighted by atomic mass is 19.1. The first-order valence-electron chi connectivity index (χ1n) is 6.27. The predicted octanol–water partition coefficient (Wildman–Crippen LogP) is 1.88. The molecule has 2 aromatic rings. The topological polar surface area (TPSA) is 84.2 Å². The molecule has 1 aromatic carbocycles. The maximum atomic E-state index is 13.5. The van der Waals surface area contributed by atoms with Crippen LogP contribution < -0.4 is 10.6 Å². The number of hydrogen-bond acceptors (Lipinski definition) is 4. The summed E-state index contributed by atoms with van der Waals surface area (Å²) in [5.41, 5.74) is -0.116. The van der Waals surface area contributed by atoms with Crippen molar-refractivity contribution < 1.29 is 18.5 Å². The number of nitrogens with zero attached hydrogens (tertiary/aromatic N) is 1. The Morgan fingerprint density at radius 2 is 2.05 bits per heavy atom. The van der Waals surface area contributed by atoms with Crippen molar-refractivity contribution in [2.24, 2.45) is 0 Å². The van der Waals surface area contributed by atoms with E-state index in [0.717, 1.165) is 0 Å². The molecule has 0 bridgehead atoms. The van der Waals surface area contributed by atoms with Crippen LogP contribution in [0.25, 0.3) is 0 Å². The van der Waals surface area contributed by atoms with Crippen LogP contribution in [0.1, 0.15) is 23.0 Å². The average molecular weight is 291 g/mol. The van der Waals surface area contributed by atoms with Crippen molar-refractivity contribution >= 4 is 17.6 Å². The Balaban J connectivity index is 1.97. The molecule has 1 aromatic heterocycles. The molecule has 0 radical (unpaired) electrons. The minimum absolute atomic E-state index is 0.116. The van der Waals surface area contributed by atoms with Gasteiger partial charge in [-0.1, -0.05) is 17.3 Å². The summed E-state index contributed by atoms with van der Waals surface area (Å²) in [5.74, 6) is -0.979. The molecule has 0 aliphatic rings. The van der Waals surface area contributed by atoms with E-state index in [9.17, 15) is 14.0 Å². The Kier molecular flexibility index (Phi) is 4.32. The summed E-state index contributed by atoms with van der Waals surface area (Å²) >= 11 is 0. The van der Waals surface area contributed by atoms with Crippen LogP contribution in [0, 0.1) is 12.7 Å². The molecule has 2 N–H and O–H groups in total. The molecular formula is C14H14FN3O3. The quantitative estimate of drug-likeness (QED) is 0.900. The maximum absolute atomic E-state index is 13.5. The van der Waals surface area contributed by atoms with E-state index in [2.05, 4.69) is 15.8 Å². The number of benzene rings is 1. The molecule has 1 heterocycles. The van der Waals surface area contributed by atoms with E-state index in [1.54, 1.807) is 19.1 Å². The Hall–Kier alpha value is -2.70. The van der Waals surface area contributed by atoms with Crippen molar-refractivity contribution in [2.45, 2.75) is 19.9 Å². The van der Waals surface area contributed by atoms with Crippen molar-refractivity contribution in [1.29, 1.82) is 0 Å². The van der Waals surface area contributed by atoms with Gasteiger partial charge in [0, 0.05) is 6.07 Å².